The van der Waals surface area contributed by atoms with Crippen LogP contribution in [0.4, 0.5) is 0 Å². The summed E-state index contributed by atoms with van der Waals surface area (Å²) in [5.74, 6) is 0. The van der Waals surface area contributed by atoms with Gasteiger partial charge in [0.05, 0.1) is 6.61 Å². The van der Waals surface area contributed by atoms with Gasteiger partial charge in [-0.05, 0) is 24.7 Å². The number of hydrogen-bond acceptors (Lipinski definition) is 1. The van der Waals surface area contributed by atoms with E-state index in [9.17, 15) is 0 Å². The molecule has 0 saturated heterocycles. The van der Waals surface area contributed by atoms with Crippen molar-refractivity contribution in [3.05, 3.63) is 35.9 Å². The van der Waals surface area contributed by atoms with Crippen LogP contribution >= 0.6 is 0 Å². The highest BCUT2D eigenvalue weighted by Gasteiger charge is 1.95. The predicted octanol–water partition coefficient (Wildman–Crippen LogP) is 2.10. The Morgan fingerprint density at radius 1 is 1.45 bits per heavy atom. The van der Waals surface area contributed by atoms with Gasteiger partial charge in [0.1, 0.15) is 0 Å². The molecule has 1 aromatic rings. The topological polar surface area (TPSA) is 9.23 Å². The summed E-state index contributed by atoms with van der Waals surface area (Å²) in [6, 6.07) is 10.9. The maximum absolute atomic E-state index is 5.55. The Balaban J connectivity index is 0.00000121. The minimum atomic E-state index is -0.851. The van der Waals surface area contributed by atoms with E-state index in [1.165, 1.54) is 5.56 Å². The summed E-state index contributed by atoms with van der Waals surface area (Å²) in [6.45, 7) is 5.11. The van der Waals surface area contributed by atoms with Crippen molar-refractivity contribution in [3.63, 3.8) is 0 Å². The molecule has 0 aromatic heterocycles. The second-order valence-corrected chi connectivity index (χ2v) is 5.20. The molecule has 59 valence electrons. The summed E-state index contributed by atoms with van der Waals surface area (Å²) in [5, 5.41) is 0. The minimum Gasteiger partial charge on any atom is -0.416 e. The summed E-state index contributed by atoms with van der Waals surface area (Å²) in [6.07, 6.45) is 0. The SMILES string of the molecule is C[SiH](C)OCc1cc[c]cc1.[H+]. The zero-order chi connectivity index (χ0) is 8.10. The minimum absolute atomic E-state index is 0. The van der Waals surface area contributed by atoms with Crippen molar-refractivity contribution in [2.75, 3.05) is 0 Å². The molecular weight excluding hydrogens is 152 g/mol. The van der Waals surface area contributed by atoms with Crippen LogP contribution in [0.25, 0.3) is 0 Å². The first-order chi connectivity index (χ1) is 5.29. The lowest BCUT2D eigenvalue weighted by Gasteiger charge is -2.05. The molecule has 0 bridgehead atoms. The Labute approximate surface area is 71.2 Å². The predicted molar refractivity (Wildman–Crippen MR) is 50.1 cm³/mol. The van der Waals surface area contributed by atoms with E-state index in [0.29, 0.717) is 0 Å². The lowest BCUT2D eigenvalue weighted by atomic mass is 10.2. The molecule has 1 nitrogen and oxygen atoms in total. The summed E-state index contributed by atoms with van der Waals surface area (Å²) >= 11 is 0. The van der Waals surface area contributed by atoms with Gasteiger partial charge >= 0.3 is 1.43 Å². The van der Waals surface area contributed by atoms with E-state index in [1.807, 2.05) is 24.3 Å². The first kappa shape index (κ1) is 8.49. The Morgan fingerprint density at radius 2 is 2.09 bits per heavy atom. The molecule has 0 heterocycles. The van der Waals surface area contributed by atoms with Crippen molar-refractivity contribution < 1.29 is 5.85 Å². The molecule has 0 unspecified atom stereocenters. The Hall–Kier alpha value is -0.603. The standard InChI is InChI=1S/C9H13OSi/c1-11(2)10-8-9-6-4-3-5-7-9/h4-7,11H,8H2,1-2H3/p+1. The second-order valence-electron chi connectivity index (χ2n) is 2.77. The number of hydrogen-bond donors (Lipinski definition) is 0. The largest absolute Gasteiger partial charge is 1.00 e. The highest BCUT2D eigenvalue weighted by molar-refractivity contribution is 6.48. The smallest absolute Gasteiger partial charge is 0.416 e. The van der Waals surface area contributed by atoms with Gasteiger partial charge in [0, 0.05) is 0 Å². The van der Waals surface area contributed by atoms with Gasteiger partial charge in [0.15, 0.2) is 9.04 Å². The summed E-state index contributed by atoms with van der Waals surface area (Å²) < 4.78 is 5.55. The van der Waals surface area contributed by atoms with Crippen LogP contribution in [-0.4, -0.2) is 9.04 Å². The normalized spacial score (nSPS) is 10.5. The average molecular weight is 166 g/mol. The van der Waals surface area contributed by atoms with E-state index in [2.05, 4.69) is 19.2 Å². The average Bonchev–Trinajstić information content (AvgIpc) is 2.03. The number of benzene rings is 1. The van der Waals surface area contributed by atoms with Gasteiger partial charge in [-0.15, -0.1) is 0 Å². The van der Waals surface area contributed by atoms with Crippen molar-refractivity contribution >= 4 is 9.04 Å². The van der Waals surface area contributed by atoms with Crippen molar-refractivity contribution in [3.8, 4) is 0 Å². The molecule has 0 aliphatic rings. The summed E-state index contributed by atoms with van der Waals surface area (Å²) in [5.41, 5.74) is 1.24. The Bertz CT molecular complexity index is 201. The third kappa shape index (κ3) is 3.35. The van der Waals surface area contributed by atoms with Gasteiger partial charge in [-0.2, -0.15) is 0 Å². The second kappa shape index (κ2) is 4.31. The van der Waals surface area contributed by atoms with Gasteiger partial charge in [-0.3, -0.25) is 0 Å². The van der Waals surface area contributed by atoms with Gasteiger partial charge in [-0.1, -0.05) is 24.3 Å². The zero-order valence-corrected chi connectivity index (χ0v) is 8.16. The lowest BCUT2D eigenvalue weighted by Crippen LogP contribution is -2.06. The molecule has 0 aliphatic carbocycles. The zero-order valence-electron chi connectivity index (χ0n) is 8.00. The molecular formula is C9H14OSi+. The van der Waals surface area contributed by atoms with E-state index in [-0.39, 0.29) is 1.43 Å². The van der Waals surface area contributed by atoms with E-state index in [4.69, 9.17) is 4.43 Å². The van der Waals surface area contributed by atoms with Gasteiger partial charge in [-0.25, -0.2) is 0 Å². The van der Waals surface area contributed by atoms with E-state index in [1.54, 1.807) is 0 Å². The summed E-state index contributed by atoms with van der Waals surface area (Å²) in [7, 11) is -0.851. The van der Waals surface area contributed by atoms with Crippen molar-refractivity contribution in [1.29, 1.82) is 0 Å². The van der Waals surface area contributed by atoms with Crippen LogP contribution in [0.3, 0.4) is 0 Å². The highest BCUT2D eigenvalue weighted by atomic mass is 28.3. The molecule has 0 amide bonds. The first-order valence-corrected chi connectivity index (χ1v) is 6.63. The van der Waals surface area contributed by atoms with Crippen LogP contribution in [0.5, 0.6) is 0 Å². The van der Waals surface area contributed by atoms with Gasteiger partial charge < -0.3 is 4.43 Å². The maximum Gasteiger partial charge on any atom is 1.00 e. The molecule has 1 rings (SSSR count). The van der Waals surface area contributed by atoms with Crippen LogP contribution in [0.15, 0.2) is 24.3 Å². The van der Waals surface area contributed by atoms with E-state index >= 15 is 0 Å². The summed E-state index contributed by atoms with van der Waals surface area (Å²) in [4.78, 5) is 0. The van der Waals surface area contributed by atoms with Crippen LogP contribution in [-0.2, 0) is 11.0 Å². The fourth-order valence-corrected chi connectivity index (χ4v) is 1.31. The Morgan fingerprint density at radius 3 is 2.64 bits per heavy atom. The monoisotopic (exact) mass is 166 g/mol. The molecule has 1 radical (unpaired) electrons. The fraction of sp³-hybridized carbons (Fsp3) is 0.333. The van der Waals surface area contributed by atoms with Gasteiger partial charge in [0.2, 0.25) is 0 Å². The molecule has 0 fully saturated rings. The van der Waals surface area contributed by atoms with E-state index < -0.39 is 9.04 Å². The molecule has 0 atom stereocenters. The van der Waals surface area contributed by atoms with Crippen molar-refractivity contribution in [2.24, 2.45) is 0 Å². The highest BCUT2D eigenvalue weighted by Crippen LogP contribution is 2.00. The van der Waals surface area contributed by atoms with Crippen LogP contribution < -0.4 is 0 Å². The lowest BCUT2D eigenvalue weighted by molar-refractivity contribution is 0.314. The molecule has 0 spiro atoms. The molecule has 2 heteroatoms. The first-order valence-electron chi connectivity index (χ1n) is 3.85. The number of rotatable bonds is 3. The van der Waals surface area contributed by atoms with Crippen LogP contribution in [0, 0.1) is 6.07 Å². The molecule has 11 heavy (non-hydrogen) atoms. The third-order valence-electron chi connectivity index (χ3n) is 1.37. The molecule has 0 aliphatic heterocycles. The molecule has 0 N–H and O–H groups in total. The molecule has 1 aromatic carbocycles. The van der Waals surface area contributed by atoms with Crippen LogP contribution in [0.1, 0.15) is 6.99 Å². The fourth-order valence-electron chi connectivity index (χ4n) is 0.781. The van der Waals surface area contributed by atoms with Crippen LogP contribution in [0.2, 0.25) is 13.1 Å². The quantitative estimate of drug-likeness (QED) is 0.625. The Kier molecular flexibility index (Phi) is 3.33. The third-order valence-corrected chi connectivity index (χ3v) is 2.20. The van der Waals surface area contributed by atoms with E-state index in [0.717, 1.165) is 6.61 Å². The van der Waals surface area contributed by atoms with Gasteiger partial charge in [0.25, 0.3) is 0 Å². The van der Waals surface area contributed by atoms with Crippen molar-refractivity contribution in [1.82, 2.24) is 0 Å². The maximum atomic E-state index is 5.55. The molecule has 0 saturated carbocycles. The van der Waals surface area contributed by atoms with Crippen molar-refractivity contribution in [2.45, 2.75) is 19.7 Å².